The maximum atomic E-state index is 10.9. The van der Waals surface area contributed by atoms with Crippen molar-refractivity contribution in [2.75, 3.05) is 13.6 Å². The van der Waals surface area contributed by atoms with Crippen molar-refractivity contribution >= 4 is 5.78 Å². The van der Waals surface area contributed by atoms with Gasteiger partial charge in [-0.25, -0.2) is 0 Å². The van der Waals surface area contributed by atoms with Crippen molar-refractivity contribution in [3.8, 4) is 0 Å². The third-order valence-electron chi connectivity index (χ3n) is 2.47. The van der Waals surface area contributed by atoms with Gasteiger partial charge in [0.25, 0.3) is 0 Å². The highest BCUT2D eigenvalue weighted by atomic mass is 16.1. The highest BCUT2D eigenvalue weighted by Crippen LogP contribution is 2.22. The standard InChI is InChI=1S/C12H19NO/c1-10(14)7-8-11-5-3-4-6-12(11)9-13-2/h5-6,13H,3-4,7-9H2,1-2H3. The summed E-state index contributed by atoms with van der Waals surface area (Å²) >= 11 is 0. The van der Waals surface area contributed by atoms with Crippen LogP contribution in [-0.4, -0.2) is 19.4 Å². The van der Waals surface area contributed by atoms with Crippen LogP contribution in [0.2, 0.25) is 0 Å². The number of hydrogen-bond donors (Lipinski definition) is 1. The second-order valence-electron chi connectivity index (χ2n) is 3.77. The summed E-state index contributed by atoms with van der Waals surface area (Å²) in [5, 5.41) is 3.16. The number of rotatable bonds is 5. The lowest BCUT2D eigenvalue weighted by Gasteiger charge is -2.15. The molecule has 0 aliphatic heterocycles. The fourth-order valence-electron chi connectivity index (χ4n) is 1.73. The molecule has 0 aromatic rings. The van der Waals surface area contributed by atoms with Crippen LogP contribution in [0.3, 0.4) is 0 Å². The van der Waals surface area contributed by atoms with E-state index in [1.54, 1.807) is 6.92 Å². The summed E-state index contributed by atoms with van der Waals surface area (Å²) in [6.45, 7) is 2.58. The maximum absolute atomic E-state index is 10.9. The minimum absolute atomic E-state index is 0.278. The van der Waals surface area contributed by atoms with Gasteiger partial charge in [0, 0.05) is 13.0 Å². The lowest BCUT2D eigenvalue weighted by atomic mass is 9.93. The molecular weight excluding hydrogens is 174 g/mol. The first-order valence-electron chi connectivity index (χ1n) is 5.26. The first-order chi connectivity index (χ1) is 6.74. The summed E-state index contributed by atoms with van der Waals surface area (Å²) in [5.74, 6) is 0.278. The van der Waals surface area contributed by atoms with E-state index in [9.17, 15) is 4.79 Å². The van der Waals surface area contributed by atoms with Gasteiger partial charge in [-0.1, -0.05) is 12.2 Å². The molecule has 14 heavy (non-hydrogen) atoms. The van der Waals surface area contributed by atoms with E-state index in [1.807, 2.05) is 7.05 Å². The molecule has 0 radical (unpaired) electrons. The first-order valence-corrected chi connectivity index (χ1v) is 5.26. The van der Waals surface area contributed by atoms with Gasteiger partial charge in [-0.3, -0.25) is 0 Å². The quantitative estimate of drug-likeness (QED) is 0.725. The van der Waals surface area contributed by atoms with Crippen molar-refractivity contribution in [2.24, 2.45) is 0 Å². The summed E-state index contributed by atoms with van der Waals surface area (Å²) in [7, 11) is 1.96. The number of nitrogens with one attached hydrogen (secondary N) is 1. The molecule has 0 heterocycles. The van der Waals surface area contributed by atoms with Crippen molar-refractivity contribution in [1.29, 1.82) is 0 Å². The molecule has 1 aliphatic rings. The molecule has 1 rings (SSSR count). The van der Waals surface area contributed by atoms with Gasteiger partial charge in [-0.15, -0.1) is 0 Å². The number of allylic oxidation sites excluding steroid dienone is 2. The van der Waals surface area contributed by atoms with Crippen LogP contribution in [0.25, 0.3) is 0 Å². The van der Waals surface area contributed by atoms with Gasteiger partial charge in [0.15, 0.2) is 0 Å². The Morgan fingerprint density at radius 1 is 1.36 bits per heavy atom. The Kier molecular flexibility index (Phi) is 4.60. The molecule has 2 nitrogen and oxygen atoms in total. The van der Waals surface area contributed by atoms with Crippen molar-refractivity contribution in [3.63, 3.8) is 0 Å². The van der Waals surface area contributed by atoms with Crippen LogP contribution in [0.15, 0.2) is 23.3 Å². The molecular formula is C12H19NO. The Hall–Kier alpha value is -0.890. The monoisotopic (exact) mass is 193 g/mol. The van der Waals surface area contributed by atoms with E-state index in [1.165, 1.54) is 11.1 Å². The number of carbonyl (C=O) groups is 1. The molecule has 0 saturated carbocycles. The van der Waals surface area contributed by atoms with Gasteiger partial charge in [-0.05, 0) is 44.4 Å². The molecule has 0 bridgehead atoms. The number of ketones is 1. The van der Waals surface area contributed by atoms with Crippen LogP contribution in [0.1, 0.15) is 32.6 Å². The van der Waals surface area contributed by atoms with Crippen LogP contribution in [0.4, 0.5) is 0 Å². The first kappa shape index (κ1) is 11.2. The fraction of sp³-hybridized carbons (Fsp3) is 0.583. The second-order valence-corrected chi connectivity index (χ2v) is 3.77. The maximum Gasteiger partial charge on any atom is 0.130 e. The van der Waals surface area contributed by atoms with E-state index >= 15 is 0 Å². The van der Waals surface area contributed by atoms with Gasteiger partial charge < -0.3 is 10.1 Å². The zero-order chi connectivity index (χ0) is 10.4. The lowest BCUT2D eigenvalue weighted by molar-refractivity contribution is -0.116. The van der Waals surface area contributed by atoms with Crippen LogP contribution in [0, 0.1) is 0 Å². The van der Waals surface area contributed by atoms with E-state index < -0.39 is 0 Å². The highest BCUT2D eigenvalue weighted by molar-refractivity contribution is 5.75. The van der Waals surface area contributed by atoms with E-state index in [-0.39, 0.29) is 5.78 Å². The predicted molar refractivity (Wildman–Crippen MR) is 59.2 cm³/mol. The smallest absolute Gasteiger partial charge is 0.130 e. The highest BCUT2D eigenvalue weighted by Gasteiger charge is 2.08. The minimum atomic E-state index is 0.278. The number of carbonyl (C=O) groups excluding carboxylic acids is 1. The minimum Gasteiger partial charge on any atom is -0.316 e. The Labute approximate surface area is 86.1 Å². The van der Waals surface area contributed by atoms with Crippen LogP contribution < -0.4 is 5.32 Å². The zero-order valence-electron chi connectivity index (χ0n) is 9.10. The summed E-state index contributed by atoms with van der Waals surface area (Å²) in [5.41, 5.74) is 2.74. The number of Topliss-reactive ketones (excluding diaryl/α,β-unsaturated/α-hetero) is 1. The Morgan fingerprint density at radius 2 is 2.00 bits per heavy atom. The SMILES string of the molecule is CNCC1=CCCC=C1CCC(C)=O. The van der Waals surface area contributed by atoms with Gasteiger partial charge in [0.1, 0.15) is 5.78 Å². The van der Waals surface area contributed by atoms with Crippen LogP contribution in [0.5, 0.6) is 0 Å². The van der Waals surface area contributed by atoms with E-state index in [2.05, 4.69) is 17.5 Å². The van der Waals surface area contributed by atoms with Crippen LogP contribution >= 0.6 is 0 Å². The molecule has 0 amide bonds. The molecule has 78 valence electrons. The normalized spacial score (nSPS) is 16.1. The van der Waals surface area contributed by atoms with Gasteiger partial charge in [0.05, 0.1) is 0 Å². The lowest BCUT2D eigenvalue weighted by Crippen LogP contribution is -2.13. The fourth-order valence-corrected chi connectivity index (χ4v) is 1.73. The average Bonchev–Trinajstić information content (AvgIpc) is 2.17. The third-order valence-corrected chi connectivity index (χ3v) is 2.47. The molecule has 0 aromatic carbocycles. The van der Waals surface area contributed by atoms with Crippen molar-refractivity contribution in [3.05, 3.63) is 23.3 Å². The van der Waals surface area contributed by atoms with E-state index in [4.69, 9.17) is 0 Å². The molecule has 2 heteroatoms. The van der Waals surface area contributed by atoms with E-state index in [0.29, 0.717) is 6.42 Å². The Morgan fingerprint density at radius 3 is 2.57 bits per heavy atom. The molecule has 0 aromatic heterocycles. The molecule has 1 aliphatic carbocycles. The predicted octanol–water partition coefficient (Wildman–Crippen LogP) is 2.22. The Bertz CT molecular complexity index is 263. The molecule has 0 fully saturated rings. The van der Waals surface area contributed by atoms with Gasteiger partial charge in [0.2, 0.25) is 0 Å². The third kappa shape index (κ3) is 3.46. The summed E-state index contributed by atoms with van der Waals surface area (Å²) in [6.07, 6.45) is 8.40. The largest absolute Gasteiger partial charge is 0.316 e. The van der Waals surface area contributed by atoms with Gasteiger partial charge in [-0.2, -0.15) is 0 Å². The summed E-state index contributed by atoms with van der Waals surface area (Å²) in [6, 6.07) is 0. The molecule has 0 spiro atoms. The molecule has 0 saturated heterocycles. The van der Waals surface area contributed by atoms with Crippen LogP contribution in [-0.2, 0) is 4.79 Å². The summed E-state index contributed by atoms with van der Waals surface area (Å²) in [4.78, 5) is 10.9. The topological polar surface area (TPSA) is 29.1 Å². The van der Waals surface area contributed by atoms with Crippen molar-refractivity contribution in [1.82, 2.24) is 5.32 Å². The number of likely N-dealkylation sites (N-methyl/N-ethyl adjacent to an activating group) is 1. The molecule has 1 N–H and O–H groups in total. The van der Waals surface area contributed by atoms with Crippen molar-refractivity contribution in [2.45, 2.75) is 32.6 Å². The van der Waals surface area contributed by atoms with E-state index in [0.717, 1.165) is 25.8 Å². The average molecular weight is 193 g/mol. The molecule has 0 unspecified atom stereocenters. The molecule has 0 atom stereocenters. The van der Waals surface area contributed by atoms with Gasteiger partial charge >= 0.3 is 0 Å². The second kappa shape index (κ2) is 5.76. The van der Waals surface area contributed by atoms with Crippen molar-refractivity contribution < 1.29 is 4.79 Å². The summed E-state index contributed by atoms with van der Waals surface area (Å²) < 4.78 is 0. The zero-order valence-corrected chi connectivity index (χ0v) is 9.10. The Balaban J connectivity index is 2.52. The number of hydrogen-bond acceptors (Lipinski definition) is 2.